The van der Waals surface area contributed by atoms with Crippen LogP contribution in [0.5, 0.6) is 34.5 Å². The number of nitrogen functional groups attached to an aromatic ring is 1. The molecule has 3 rings (SSSR count). The molecule has 0 heterocycles. The Balaban J connectivity index is 0.000000208. The number of hydrogen-bond acceptors (Lipinski definition) is 7. The van der Waals surface area contributed by atoms with Crippen molar-refractivity contribution in [3.63, 3.8) is 0 Å². The van der Waals surface area contributed by atoms with Crippen LogP contribution in [0.25, 0.3) is 0 Å². The summed E-state index contributed by atoms with van der Waals surface area (Å²) in [4.78, 5) is 10.3. The van der Waals surface area contributed by atoms with Crippen molar-refractivity contribution in [1.29, 1.82) is 0 Å². The van der Waals surface area contributed by atoms with Crippen LogP contribution in [0.15, 0.2) is 60.7 Å². The van der Waals surface area contributed by atoms with Crippen molar-refractivity contribution in [3.8, 4) is 34.5 Å². The van der Waals surface area contributed by atoms with Crippen molar-refractivity contribution < 1.29 is 35.1 Å². The minimum atomic E-state index is -1.14. The normalized spacial score (nSPS) is 9.78. The van der Waals surface area contributed by atoms with E-state index in [1.165, 1.54) is 18.2 Å². The van der Waals surface area contributed by atoms with Gasteiger partial charge < -0.3 is 36.0 Å². The maximum atomic E-state index is 10.3. The zero-order chi connectivity index (χ0) is 20.0. The summed E-state index contributed by atoms with van der Waals surface area (Å²) in [6.07, 6.45) is 0. The Kier molecular flexibility index (Phi) is 5.95. The first-order valence-electron chi connectivity index (χ1n) is 7.57. The van der Waals surface area contributed by atoms with E-state index in [0.29, 0.717) is 17.2 Å². The third kappa shape index (κ3) is 5.20. The molecule has 3 aromatic rings. The van der Waals surface area contributed by atoms with E-state index in [2.05, 4.69) is 0 Å². The number of aromatic hydroxyl groups is 4. The van der Waals surface area contributed by atoms with E-state index in [4.69, 9.17) is 30.9 Å². The van der Waals surface area contributed by atoms with Crippen LogP contribution in [0, 0.1) is 0 Å². The lowest BCUT2D eigenvalue weighted by atomic mass is 10.2. The molecule has 0 atom stereocenters. The van der Waals surface area contributed by atoms with Crippen LogP contribution in [0.4, 0.5) is 5.69 Å². The monoisotopic (exact) mass is 371 g/mol. The summed E-state index contributed by atoms with van der Waals surface area (Å²) in [5, 5.41) is 44.4. The third-order valence-electron chi connectivity index (χ3n) is 3.32. The highest BCUT2D eigenvalue weighted by atomic mass is 16.5. The van der Waals surface area contributed by atoms with Crippen LogP contribution in [-0.4, -0.2) is 31.5 Å². The van der Waals surface area contributed by atoms with Crippen LogP contribution in [0.3, 0.4) is 0 Å². The smallest absolute Gasteiger partial charge is 0.335 e. The molecule has 8 heteroatoms. The van der Waals surface area contributed by atoms with Gasteiger partial charge in [0.15, 0.2) is 23.0 Å². The number of ether oxygens (including phenoxy) is 1. The molecule has 0 fully saturated rings. The number of phenols is 4. The predicted molar refractivity (Wildman–Crippen MR) is 97.4 cm³/mol. The van der Waals surface area contributed by atoms with Gasteiger partial charge in [0.1, 0.15) is 11.5 Å². The molecule has 140 valence electrons. The molecular formula is C19H17NO7. The summed E-state index contributed by atoms with van der Waals surface area (Å²) in [7, 11) is 0. The molecule has 0 unspecified atom stereocenters. The average Bonchev–Trinajstić information content (AvgIpc) is 2.63. The molecule has 3 aromatic carbocycles. The Morgan fingerprint density at radius 3 is 1.93 bits per heavy atom. The summed E-state index contributed by atoms with van der Waals surface area (Å²) in [5.74, 6) is -1.39. The number of carboxylic acid groups (broad SMARTS) is 1. The number of benzene rings is 3. The van der Waals surface area contributed by atoms with E-state index < -0.39 is 11.7 Å². The van der Waals surface area contributed by atoms with Gasteiger partial charge >= 0.3 is 5.97 Å². The molecule has 0 aliphatic carbocycles. The molecule has 0 amide bonds. The van der Waals surface area contributed by atoms with Crippen LogP contribution >= 0.6 is 0 Å². The van der Waals surface area contributed by atoms with Gasteiger partial charge in [-0.15, -0.1) is 0 Å². The Morgan fingerprint density at radius 2 is 1.37 bits per heavy atom. The topological polar surface area (TPSA) is 153 Å². The second kappa shape index (κ2) is 8.34. The first kappa shape index (κ1) is 19.3. The quantitative estimate of drug-likeness (QED) is 0.303. The summed E-state index contributed by atoms with van der Waals surface area (Å²) in [5.41, 5.74) is 6.15. The maximum absolute atomic E-state index is 10.3. The molecule has 0 bridgehead atoms. The largest absolute Gasteiger partial charge is 0.504 e. The molecule has 0 saturated carbocycles. The van der Waals surface area contributed by atoms with Gasteiger partial charge in [-0.05, 0) is 42.5 Å². The predicted octanol–water partition coefficient (Wildman–Crippen LogP) is 3.27. The number of phenolic OH excluding ortho intramolecular Hbond substituents is 4. The fourth-order valence-electron chi connectivity index (χ4n) is 1.92. The molecular weight excluding hydrogens is 354 g/mol. The van der Waals surface area contributed by atoms with Crippen molar-refractivity contribution in [3.05, 3.63) is 66.2 Å². The number of hydrogen-bond donors (Lipinski definition) is 6. The zero-order valence-corrected chi connectivity index (χ0v) is 13.9. The highest BCUT2D eigenvalue weighted by Gasteiger charge is 2.06. The second-order valence-electron chi connectivity index (χ2n) is 5.30. The maximum Gasteiger partial charge on any atom is 0.335 e. The Hall–Kier alpha value is -4.07. The van der Waals surface area contributed by atoms with Gasteiger partial charge in [-0.1, -0.05) is 12.1 Å². The standard InChI is InChI=1S/C12H11NO3.C7H6O4/c13-9-3-1-2-4-12(9)16-8-5-6-10(14)11(15)7-8;8-5-2-1-4(7(10)11)3-6(5)9/h1-7,14-15H,13H2;1-3,8-9H,(H,10,11). The minimum absolute atomic E-state index is 0.0553. The van der Waals surface area contributed by atoms with E-state index in [1.807, 2.05) is 0 Å². The van der Waals surface area contributed by atoms with E-state index in [0.717, 1.165) is 12.1 Å². The van der Waals surface area contributed by atoms with Crippen molar-refractivity contribution in [2.24, 2.45) is 0 Å². The van der Waals surface area contributed by atoms with E-state index in [-0.39, 0.29) is 22.8 Å². The van der Waals surface area contributed by atoms with Crippen molar-refractivity contribution in [2.45, 2.75) is 0 Å². The first-order valence-corrected chi connectivity index (χ1v) is 7.57. The van der Waals surface area contributed by atoms with Gasteiger partial charge in [-0.2, -0.15) is 0 Å². The van der Waals surface area contributed by atoms with Crippen LogP contribution in [-0.2, 0) is 0 Å². The lowest BCUT2D eigenvalue weighted by Crippen LogP contribution is -1.94. The molecule has 0 saturated heterocycles. The molecule has 27 heavy (non-hydrogen) atoms. The molecule has 0 aromatic heterocycles. The van der Waals surface area contributed by atoms with E-state index >= 15 is 0 Å². The molecule has 0 radical (unpaired) electrons. The minimum Gasteiger partial charge on any atom is -0.504 e. The SMILES string of the molecule is Nc1ccccc1Oc1ccc(O)c(O)c1.O=C(O)c1ccc(O)c(O)c1. The van der Waals surface area contributed by atoms with Gasteiger partial charge in [0.05, 0.1) is 11.3 Å². The number of carboxylic acids is 1. The molecule has 0 aliphatic rings. The molecule has 0 spiro atoms. The fourth-order valence-corrected chi connectivity index (χ4v) is 1.92. The van der Waals surface area contributed by atoms with Crippen LogP contribution in [0.1, 0.15) is 10.4 Å². The number of carbonyl (C=O) groups is 1. The highest BCUT2D eigenvalue weighted by molar-refractivity contribution is 5.88. The summed E-state index contributed by atoms with van der Waals surface area (Å²) >= 11 is 0. The number of anilines is 1. The van der Waals surface area contributed by atoms with Gasteiger partial charge in [0, 0.05) is 6.07 Å². The van der Waals surface area contributed by atoms with Gasteiger partial charge in [-0.25, -0.2) is 4.79 Å². The summed E-state index contributed by atoms with van der Waals surface area (Å²) in [6.45, 7) is 0. The van der Waals surface area contributed by atoms with Crippen molar-refractivity contribution >= 4 is 11.7 Å². The van der Waals surface area contributed by atoms with Crippen molar-refractivity contribution in [2.75, 3.05) is 5.73 Å². The summed E-state index contributed by atoms with van der Waals surface area (Å²) < 4.78 is 5.45. The van der Waals surface area contributed by atoms with Crippen LogP contribution in [0.2, 0.25) is 0 Å². The Labute approximate surface area is 154 Å². The summed E-state index contributed by atoms with van der Waals surface area (Å²) in [6, 6.07) is 14.6. The van der Waals surface area contributed by atoms with Crippen molar-refractivity contribution in [1.82, 2.24) is 0 Å². The first-order chi connectivity index (χ1) is 12.8. The van der Waals surface area contributed by atoms with E-state index in [1.54, 1.807) is 30.3 Å². The number of nitrogens with two attached hydrogens (primary N) is 1. The Bertz CT molecular complexity index is 957. The Morgan fingerprint density at radius 1 is 0.778 bits per heavy atom. The average molecular weight is 371 g/mol. The molecule has 0 aliphatic heterocycles. The van der Waals surface area contributed by atoms with Crippen LogP contribution < -0.4 is 10.5 Å². The molecule has 7 N–H and O–H groups in total. The van der Waals surface area contributed by atoms with E-state index in [9.17, 15) is 9.90 Å². The fraction of sp³-hybridized carbons (Fsp3) is 0. The number of para-hydroxylation sites is 2. The number of aromatic carboxylic acids is 1. The second-order valence-corrected chi connectivity index (χ2v) is 5.30. The third-order valence-corrected chi connectivity index (χ3v) is 3.32. The lowest BCUT2D eigenvalue weighted by Gasteiger charge is -2.08. The number of rotatable bonds is 3. The molecule has 8 nitrogen and oxygen atoms in total. The van der Waals surface area contributed by atoms with Gasteiger partial charge in [0.2, 0.25) is 0 Å². The van der Waals surface area contributed by atoms with Gasteiger partial charge in [-0.3, -0.25) is 0 Å². The zero-order valence-electron chi connectivity index (χ0n) is 13.9. The highest BCUT2D eigenvalue weighted by Crippen LogP contribution is 2.33. The lowest BCUT2D eigenvalue weighted by molar-refractivity contribution is 0.0696. The van der Waals surface area contributed by atoms with Gasteiger partial charge in [0.25, 0.3) is 0 Å².